The van der Waals surface area contributed by atoms with Gasteiger partial charge in [0.25, 0.3) is 0 Å². The fraction of sp³-hybridized carbons (Fsp3) is 0.167. The minimum absolute atomic E-state index is 0.312. The van der Waals surface area contributed by atoms with E-state index in [0.29, 0.717) is 51.6 Å². The summed E-state index contributed by atoms with van der Waals surface area (Å²) in [4.78, 5) is 21.2. The monoisotopic (exact) mass is 466 g/mol. The number of benzene rings is 1. The molecular weight excluding hydrogens is 444 g/mol. The number of imidazole rings is 1. The summed E-state index contributed by atoms with van der Waals surface area (Å²) in [5.41, 5.74) is 3.84. The molecule has 5 aromatic rings. The van der Waals surface area contributed by atoms with Crippen LogP contribution in [0.25, 0.3) is 22.6 Å². The maximum Gasteiger partial charge on any atom is 0.161 e. The Morgan fingerprint density at radius 1 is 0.971 bits per heavy atom. The van der Waals surface area contributed by atoms with Crippen LogP contribution in [0.5, 0.6) is 5.75 Å². The molecule has 1 aromatic carbocycles. The highest BCUT2D eigenvalue weighted by Crippen LogP contribution is 2.38. The average molecular weight is 467 g/mol. The third-order valence-corrected chi connectivity index (χ3v) is 5.29. The first kappa shape index (κ1) is 21.8. The fourth-order valence-electron chi connectivity index (χ4n) is 3.89. The van der Waals surface area contributed by atoms with E-state index in [1.165, 1.54) is 0 Å². The lowest BCUT2D eigenvalue weighted by Crippen LogP contribution is -2.02. The minimum atomic E-state index is 0.312. The Bertz CT molecular complexity index is 1590. The highest BCUT2D eigenvalue weighted by Gasteiger charge is 2.18. The maximum atomic E-state index is 9.15. The summed E-state index contributed by atoms with van der Waals surface area (Å²) < 4.78 is 7.52. The number of aromatic nitrogens is 7. The number of aromatic amines is 1. The zero-order chi connectivity index (χ0) is 24.5. The molecule has 0 fully saturated rings. The van der Waals surface area contributed by atoms with Gasteiger partial charge >= 0.3 is 0 Å². The van der Waals surface area contributed by atoms with Crippen molar-refractivity contribution in [2.24, 2.45) is 7.05 Å². The minimum Gasteiger partial charge on any atom is -0.494 e. The van der Waals surface area contributed by atoms with Gasteiger partial charge in [0.05, 0.1) is 24.0 Å². The Hall–Kier alpha value is -4.98. The molecular formula is C24H22N10O. The number of H-pyrrole nitrogens is 1. The molecule has 0 amide bonds. The Labute approximate surface area is 200 Å². The summed E-state index contributed by atoms with van der Waals surface area (Å²) in [5, 5.41) is 20.1. The van der Waals surface area contributed by atoms with Crippen LogP contribution < -0.4 is 15.4 Å². The molecule has 0 unspecified atom stereocenters. The molecule has 0 spiro atoms. The number of hydrogen-bond donors (Lipinski definition) is 3. The van der Waals surface area contributed by atoms with E-state index in [0.717, 1.165) is 17.1 Å². The van der Waals surface area contributed by atoms with Crippen LogP contribution in [0.3, 0.4) is 0 Å². The summed E-state index contributed by atoms with van der Waals surface area (Å²) in [7, 11) is 3.47. The van der Waals surface area contributed by atoms with Crippen LogP contribution >= 0.6 is 0 Å². The van der Waals surface area contributed by atoms with Crippen LogP contribution in [0, 0.1) is 25.2 Å². The zero-order valence-corrected chi connectivity index (χ0v) is 19.6. The van der Waals surface area contributed by atoms with E-state index in [1.807, 2.05) is 51.2 Å². The molecule has 0 aliphatic rings. The molecule has 4 aromatic heterocycles. The number of nitriles is 1. The predicted molar refractivity (Wildman–Crippen MR) is 132 cm³/mol. The standard InChI is InChI=1S/C24H22N10O/c1-13-26-21-18(11-20(32-23(21)27-13)31-19-10-5-7-15(12-25)29-19)30-17-9-6-8-16(22(17)35-4)24-28-14(2)33-34(24)3/h5-11H,1-4H3,(H3,26,27,29,30,31,32). The van der Waals surface area contributed by atoms with Gasteiger partial charge in [-0.15, -0.1) is 0 Å². The number of hydrogen-bond acceptors (Lipinski definition) is 9. The van der Waals surface area contributed by atoms with Crippen molar-refractivity contribution >= 4 is 34.2 Å². The second-order valence-corrected chi connectivity index (χ2v) is 7.84. The van der Waals surface area contributed by atoms with E-state index >= 15 is 0 Å². The van der Waals surface area contributed by atoms with E-state index in [1.54, 1.807) is 30.0 Å². The van der Waals surface area contributed by atoms with Crippen molar-refractivity contribution in [1.82, 2.24) is 34.7 Å². The van der Waals surface area contributed by atoms with Gasteiger partial charge in [0.15, 0.2) is 17.2 Å². The van der Waals surface area contributed by atoms with Crippen molar-refractivity contribution < 1.29 is 4.74 Å². The summed E-state index contributed by atoms with van der Waals surface area (Å²) in [6.45, 7) is 3.72. The van der Waals surface area contributed by atoms with Crippen LogP contribution in [-0.2, 0) is 7.05 Å². The zero-order valence-electron chi connectivity index (χ0n) is 19.6. The van der Waals surface area contributed by atoms with Crippen molar-refractivity contribution in [2.75, 3.05) is 17.7 Å². The van der Waals surface area contributed by atoms with Crippen molar-refractivity contribution in [3.8, 4) is 23.2 Å². The van der Waals surface area contributed by atoms with Gasteiger partial charge in [0.2, 0.25) is 0 Å². The van der Waals surface area contributed by atoms with Gasteiger partial charge in [-0.3, -0.25) is 0 Å². The number of aryl methyl sites for hydroxylation is 3. The number of nitrogens with zero attached hydrogens (tertiary/aromatic N) is 7. The number of fused-ring (bicyclic) bond motifs is 1. The Morgan fingerprint density at radius 3 is 2.54 bits per heavy atom. The van der Waals surface area contributed by atoms with E-state index in [9.17, 15) is 0 Å². The first-order chi connectivity index (χ1) is 16.9. The second-order valence-electron chi connectivity index (χ2n) is 7.84. The fourth-order valence-corrected chi connectivity index (χ4v) is 3.89. The van der Waals surface area contributed by atoms with Crippen molar-refractivity contribution in [1.29, 1.82) is 5.26 Å². The normalized spacial score (nSPS) is 10.8. The largest absolute Gasteiger partial charge is 0.494 e. The molecule has 0 atom stereocenters. The maximum absolute atomic E-state index is 9.15. The third-order valence-electron chi connectivity index (χ3n) is 5.29. The molecule has 0 saturated carbocycles. The number of methoxy groups -OCH3 is 1. The van der Waals surface area contributed by atoms with Crippen molar-refractivity contribution in [3.63, 3.8) is 0 Å². The predicted octanol–water partition coefficient (Wildman–Crippen LogP) is 4.13. The van der Waals surface area contributed by atoms with Gasteiger partial charge in [0, 0.05) is 13.1 Å². The van der Waals surface area contributed by atoms with Crippen molar-refractivity contribution in [3.05, 3.63) is 59.8 Å². The number of pyridine rings is 2. The lowest BCUT2D eigenvalue weighted by Gasteiger charge is -2.15. The lowest BCUT2D eigenvalue weighted by molar-refractivity contribution is 0.418. The van der Waals surface area contributed by atoms with Crippen LogP contribution in [0.2, 0.25) is 0 Å². The van der Waals surface area contributed by atoms with Crippen LogP contribution in [0.15, 0.2) is 42.5 Å². The Kier molecular flexibility index (Phi) is 5.46. The first-order valence-electron chi connectivity index (χ1n) is 10.8. The van der Waals surface area contributed by atoms with Crippen LogP contribution in [-0.4, -0.2) is 41.8 Å². The third kappa shape index (κ3) is 4.20. The van der Waals surface area contributed by atoms with Crippen LogP contribution in [0.4, 0.5) is 23.0 Å². The molecule has 174 valence electrons. The smallest absolute Gasteiger partial charge is 0.161 e. The highest BCUT2D eigenvalue weighted by molar-refractivity contribution is 5.92. The summed E-state index contributed by atoms with van der Waals surface area (Å²) in [5.74, 6) is 3.77. The molecule has 11 heteroatoms. The van der Waals surface area contributed by atoms with E-state index in [2.05, 4.69) is 40.7 Å². The second kappa shape index (κ2) is 8.75. The number of para-hydroxylation sites is 1. The number of nitrogens with one attached hydrogen (secondary N) is 3. The molecule has 0 bridgehead atoms. The number of anilines is 4. The summed E-state index contributed by atoms with van der Waals surface area (Å²) in [6.07, 6.45) is 0. The van der Waals surface area contributed by atoms with Gasteiger partial charge in [-0.25, -0.2) is 24.6 Å². The molecule has 35 heavy (non-hydrogen) atoms. The van der Waals surface area contributed by atoms with Gasteiger partial charge in [-0.05, 0) is 38.1 Å². The molecule has 11 nitrogen and oxygen atoms in total. The Morgan fingerprint density at radius 2 is 1.80 bits per heavy atom. The lowest BCUT2D eigenvalue weighted by atomic mass is 10.1. The molecule has 3 N–H and O–H groups in total. The van der Waals surface area contributed by atoms with Gasteiger partial charge < -0.3 is 20.4 Å². The number of ether oxygens (including phenoxy) is 1. The highest BCUT2D eigenvalue weighted by atomic mass is 16.5. The number of rotatable bonds is 6. The van der Waals surface area contributed by atoms with E-state index in [4.69, 9.17) is 10.00 Å². The van der Waals surface area contributed by atoms with Crippen molar-refractivity contribution in [2.45, 2.75) is 13.8 Å². The Balaban J connectivity index is 1.58. The van der Waals surface area contributed by atoms with Gasteiger partial charge in [-0.1, -0.05) is 12.1 Å². The molecule has 0 aliphatic heterocycles. The summed E-state index contributed by atoms with van der Waals surface area (Å²) in [6, 6.07) is 14.8. The molecule has 0 aliphatic carbocycles. The average Bonchev–Trinajstić information content (AvgIpc) is 3.39. The van der Waals surface area contributed by atoms with Crippen LogP contribution in [0.1, 0.15) is 17.3 Å². The molecule has 0 saturated heterocycles. The quantitative estimate of drug-likeness (QED) is 0.336. The molecule has 4 heterocycles. The van der Waals surface area contributed by atoms with Gasteiger partial charge in [-0.2, -0.15) is 10.4 Å². The SMILES string of the molecule is COc1c(Nc2cc(Nc3cccc(C#N)n3)nc3[nH]c(C)nc23)cccc1-c1nc(C)nn1C. The van der Waals surface area contributed by atoms with E-state index in [-0.39, 0.29) is 0 Å². The summed E-state index contributed by atoms with van der Waals surface area (Å²) >= 11 is 0. The molecule has 0 radical (unpaired) electrons. The topological polar surface area (TPSA) is 142 Å². The first-order valence-corrected chi connectivity index (χ1v) is 10.8. The van der Waals surface area contributed by atoms with E-state index < -0.39 is 0 Å². The molecule has 5 rings (SSSR count). The van der Waals surface area contributed by atoms with Gasteiger partial charge in [0.1, 0.15) is 40.6 Å².